The van der Waals surface area contributed by atoms with Gasteiger partial charge < -0.3 is 29.2 Å². The van der Waals surface area contributed by atoms with Crippen molar-refractivity contribution in [2.24, 2.45) is 0 Å². The monoisotopic (exact) mass is 250 g/mol. The zero-order chi connectivity index (χ0) is 12.5. The summed E-state index contributed by atoms with van der Waals surface area (Å²) in [7, 11) is 0. The Balaban J connectivity index is 0.000000249. The Morgan fingerprint density at radius 2 is 1.47 bits per heavy atom. The fraction of sp³-hybridized carbons (Fsp3) is 1.00. The first kappa shape index (κ1) is 14.8. The van der Waals surface area contributed by atoms with Crippen molar-refractivity contribution < 1.29 is 29.2 Å². The highest BCUT2D eigenvalue weighted by atomic mass is 16.6. The largest absolute Gasteiger partial charge is 0.394 e. The van der Waals surface area contributed by atoms with Crippen molar-refractivity contribution in [1.29, 1.82) is 0 Å². The molecule has 6 nitrogen and oxygen atoms in total. The van der Waals surface area contributed by atoms with E-state index in [-0.39, 0.29) is 6.61 Å². The minimum atomic E-state index is -0.560. The maximum atomic E-state index is 8.11. The molecule has 102 valence electrons. The van der Waals surface area contributed by atoms with E-state index in [1.165, 1.54) is 6.92 Å². The number of rotatable bonds is 8. The minimum Gasteiger partial charge on any atom is -0.394 e. The Morgan fingerprint density at radius 3 is 1.71 bits per heavy atom. The van der Waals surface area contributed by atoms with Crippen LogP contribution in [0.1, 0.15) is 6.92 Å². The van der Waals surface area contributed by atoms with Gasteiger partial charge in [-0.15, -0.1) is 0 Å². The van der Waals surface area contributed by atoms with E-state index in [0.29, 0.717) is 38.6 Å². The second kappa shape index (κ2) is 8.79. The SMILES string of the molecule is C(COCC1CO1)OCC1CO1.CC(O)CO. The third-order valence-corrected chi connectivity index (χ3v) is 2.05. The first-order valence-corrected chi connectivity index (χ1v) is 5.90. The van der Waals surface area contributed by atoms with Crippen LogP contribution in [0.5, 0.6) is 0 Å². The number of hydrogen-bond acceptors (Lipinski definition) is 6. The molecular weight excluding hydrogens is 228 g/mol. The molecule has 0 bridgehead atoms. The molecule has 2 heterocycles. The lowest BCUT2D eigenvalue weighted by atomic mass is 10.5. The van der Waals surface area contributed by atoms with Crippen LogP contribution in [-0.2, 0) is 18.9 Å². The first-order chi connectivity index (χ1) is 8.22. The van der Waals surface area contributed by atoms with Gasteiger partial charge in [0, 0.05) is 0 Å². The van der Waals surface area contributed by atoms with Gasteiger partial charge in [0.2, 0.25) is 0 Å². The van der Waals surface area contributed by atoms with Crippen molar-refractivity contribution in [3.63, 3.8) is 0 Å². The number of epoxide rings is 2. The van der Waals surface area contributed by atoms with Gasteiger partial charge in [0.05, 0.1) is 52.4 Å². The van der Waals surface area contributed by atoms with E-state index in [1.54, 1.807) is 0 Å². The molecule has 0 saturated carbocycles. The standard InChI is InChI=1S/C8H14O4.C3H8O2/c1(9-3-7-5-11-7)2-10-4-8-6-12-8;1-3(5)2-4/h7-8H,1-6H2;3-5H,2H2,1H3. The van der Waals surface area contributed by atoms with Gasteiger partial charge in [0.1, 0.15) is 12.2 Å². The summed E-state index contributed by atoms with van der Waals surface area (Å²) in [4.78, 5) is 0. The quantitative estimate of drug-likeness (QED) is 0.432. The maximum absolute atomic E-state index is 8.11. The van der Waals surface area contributed by atoms with Crippen LogP contribution in [0.15, 0.2) is 0 Å². The molecule has 2 N–H and O–H groups in total. The van der Waals surface area contributed by atoms with E-state index < -0.39 is 6.10 Å². The maximum Gasteiger partial charge on any atom is 0.104 e. The van der Waals surface area contributed by atoms with Crippen LogP contribution < -0.4 is 0 Å². The highest BCUT2D eigenvalue weighted by Gasteiger charge is 2.23. The van der Waals surface area contributed by atoms with Crippen LogP contribution in [0.2, 0.25) is 0 Å². The zero-order valence-electron chi connectivity index (χ0n) is 10.2. The number of aliphatic hydroxyl groups excluding tert-OH is 2. The van der Waals surface area contributed by atoms with Gasteiger partial charge in [0.25, 0.3) is 0 Å². The Hall–Kier alpha value is -0.240. The smallest absolute Gasteiger partial charge is 0.104 e. The molecule has 0 aromatic heterocycles. The van der Waals surface area contributed by atoms with E-state index in [9.17, 15) is 0 Å². The van der Waals surface area contributed by atoms with E-state index in [2.05, 4.69) is 0 Å². The molecule has 3 unspecified atom stereocenters. The molecule has 2 fully saturated rings. The lowest BCUT2D eigenvalue weighted by Gasteiger charge is -2.02. The van der Waals surface area contributed by atoms with Gasteiger partial charge in [0.15, 0.2) is 0 Å². The van der Waals surface area contributed by atoms with Crippen LogP contribution in [0.3, 0.4) is 0 Å². The lowest BCUT2D eigenvalue weighted by molar-refractivity contribution is 0.0366. The predicted molar refractivity (Wildman–Crippen MR) is 59.9 cm³/mol. The van der Waals surface area contributed by atoms with Gasteiger partial charge in [-0.3, -0.25) is 0 Å². The van der Waals surface area contributed by atoms with Gasteiger partial charge in [-0.1, -0.05) is 0 Å². The van der Waals surface area contributed by atoms with Gasteiger partial charge in [-0.05, 0) is 6.92 Å². The summed E-state index contributed by atoms with van der Waals surface area (Å²) >= 11 is 0. The molecule has 3 atom stereocenters. The molecule has 0 radical (unpaired) electrons. The van der Waals surface area contributed by atoms with Crippen molar-refractivity contribution in [2.45, 2.75) is 25.2 Å². The highest BCUT2D eigenvalue weighted by molar-refractivity contribution is 4.68. The summed E-state index contributed by atoms with van der Waals surface area (Å²) in [5.41, 5.74) is 0. The van der Waals surface area contributed by atoms with Crippen LogP contribution >= 0.6 is 0 Å². The molecule has 2 rings (SSSR count). The normalized spacial score (nSPS) is 27.0. The molecular formula is C11H22O6. The Labute approximate surface area is 101 Å². The summed E-state index contributed by atoms with van der Waals surface area (Å²) < 4.78 is 20.5. The van der Waals surface area contributed by atoms with Crippen LogP contribution in [0.4, 0.5) is 0 Å². The fourth-order valence-corrected chi connectivity index (χ4v) is 0.876. The lowest BCUT2D eigenvalue weighted by Crippen LogP contribution is -2.10. The zero-order valence-corrected chi connectivity index (χ0v) is 10.2. The van der Waals surface area contributed by atoms with E-state index in [4.69, 9.17) is 29.2 Å². The molecule has 2 aliphatic rings. The fourth-order valence-electron chi connectivity index (χ4n) is 0.876. The molecule has 6 heteroatoms. The third kappa shape index (κ3) is 10.6. The van der Waals surface area contributed by atoms with Crippen molar-refractivity contribution >= 4 is 0 Å². The Kier molecular flexibility index (Phi) is 7.67. The van der Waals surface area contributed by atoms with Crippen molar-refractivity contribution in [2.75, 3.05) is 46.2 Å². The van der Waals surface area contributed by atoms with E-state index in [1.807, 2.05) is 0 Å². The average Bonchev–Trinajstić information content (AvgIpc) is 3.16. The van der Waals surface area contributed by atoms with Crippen LogP contribution in [0, 0.1) is 0 Å². The van der Waals surface area contributed by atoms with Crippen molar-refractivity contribution in [1.82, 2.24) is 0 Å². The average molecular weight is 250 g/mol. The molecule has 0 aliphatic carbocycles. The molecule has 17 heavy (non-hydrogen) atoms. The second-order valence-electron chi connectivity index (χ2n) is 4.09. The summed E-state index contributed by atoms with van der Waals surface area (Å²) in [5.74, 6) is 0. The highest BCUT2D eigenvalue weighted by Crippen LogP contribution is 2.09. The Bertz CT molecular complexity index is 163. The van der Waals surface area contributed by atoms with Crippen LogP contribution in [0.25, 0.3) is 0 Å². The summed E-state index contributed by atoms with van der Waals surface area (Å²) in [5, 5.41) is 16.0. The van der Waals surface area contributed by atoms with Crippen molar-refractivity contribution in [3.05, 3.63) is 0 Å². The second-order valence-corrected chi connectivity index (χ2v) is 4.09. The molecule has 0 spiro atoms. The summed E-state index contributed by atoms with van der Waals surface area (Å²) in [6, 6.07) is 0. The summed E-state index contributed by atoms with van der Waals surface area (Å²) in [6.45, 7) is 5.85. The molecule has 0 amide bonds. The first-order valence-electron chi connectivity index (χ1n) is 5.90. The van der Waals surface area contributed by atoms with Gasteiger partial charge >= 0.3 is 0 Å². The molecule has 0 aromatic rings. The molecule has 2 aliphatic heterocycles. The van der Waals surface area contributed by atoms with Crippen molar-refractivity contribution in [3.8, 4) is 0 Å². The van der Waals surface area contributed by atoms with Gasteiger partial charge in [-0.25, -0.2) is 0 Å². The topological polar surface area (TPSA) is 84.0 Å². The number of hydrogen-bond donors (Lipinski definition) is 2. The summed E-state index contributed by atoms with van der Waals surface area (Å²) in [6.07, 6.45) is 0.156. The van der Waals surface area contributed by atoms with E-state index in [0.717, 1.165) is 13.2 Å². The minimum absolute atomic E-state index is 0.139. The predicted octanol–water partition coefficient (Wildman–Crippen LogP) is -0.823. The number of aliphatic hydroxyl groups is 2. The van der Waals surface area contributed by atoms with E-state index >= 15 is 0 Å². The third-order valence-electron chi connectivity index (χ3n) is 2.05. The number of ether oxygens (including phenoxy) is 4. The van der Waals surface area contributed by atoms with Crippen LogP contribution in [-0.4, -0.2) is 74.8 Å². The Morgan fingerprint density at radius 1 is 1.12 bits per heavy atom. The molecule has 2 saturated heterocycles. The van der Waals surface area contributed by atoms with Gasteiger partial charge in [-0.2, -0.15) is 0 Å². The molecule has 0 aromatic carbocycles.